The van der Waals surface area contributed by atoms with Gasteiger partial charge in [0.2, 0.25) is 5.96 Å². The molecule has 0 saturated heterocycles. The Labute approximate surface area is 109 Å². The van der Waals surface area contributed by atoms with Crippen molar-refractivity contribution in [1.82, 2.24) is 10.7 Å². The van der Waals surface area contributed by atoms with E-state index in [9.17, 15) is 0 Å². The SMILES string of the molecule is Cc1ccccc1CN=C(NN)NC1CCCC1. The van der Waals surface area contributed by atoms with Crippen LogP contribution in [-0.2, 0) is 6.54 Å². The lowest BCUT2D eigenvalue weighted by atomic mass is 10.1. The summed E-state index contributed by atoms with van der Waals surface area (Å²) in [6.45, 7) is 2.76. The second kappa shape index (κ2) is 6.40. The topological polar surface area (TPSA) is 62.4 Å². The Hall–Kier alpha value is -1.55. The van der Waals surface area contributed by atoms with Crippen LogP contribution in [-0.4, -0.2) is 12.0 Å². The first kappa shape index (κ1) is 12.9. The highest BCUT2D eigenvalue weighted by molar-refractivity contribution is 5.79. The minimum Gasteiger partial charge on any atom is -0.353 e. The zero-order valence-electron chi connectivity index (χ0n) is 10.9. The molecule has 18 heavy (non-hydrogen) atoms. The summed E-state index contributed by atoms with van der Waals surface area (Å²) in [5, 5.41) is 3.37. The molecular weight excluding hydrogens is 224 g/mol. The highest BCUT2D eigenvalue weighted by Crippen LogP contribution is 2.17. The molecule has 98 valence electrons. The maximum Gasteiger partial charge on any atom is 0.206 e. The molecule has 0 aliphatic heterocycles. The number of nitrogens with zero attached hydrogens (tertiary/aromatic N) is 1. The number of hydrazine groups is 1. The van der Waals surface area contributed by atoms with Crippen molar-refractivity contribution in [1.29, 1.82) is 0 Å². The molecule has 0 radical (unpaired) electrons. The largest absolute Gasteiger partial charge is 0.353 e. The van der Waals surface area contributed by atoms with Crippen molar-refractivity contribution < 1.29 is 0 Å². The summed E-state index contributed by atoms with van der Waals surface area (Å²) in [5.41, 5.74) is 5.15. The van der Waals surface area contributed by atoms with Crippen LogP contribution in [0.25, 0.3) is 0 Å². The average Bonchev–Trinajstić information content (AvgIpc) is 2.89. The van der Waals surface area contributed by atoms with Gasteiger partial charge in [-0.1, -0.05) is 37.1 Å². The van der Waals surface area contributed by atoms with E-state index in [1.54, 1.807) is 0 Å². The van der Waals surface area contributed by atoms with Gasteiger partial charge in [-0.15, -0.1) is 0 Å². The normalized spacial score (nSPS) is 16.9. The first-order valence-corrected chi connectivity index (χ1v) is 6.61. The van der Waals surface area contributed by atoms with Crippen molar-refractivity contribution in [3.63, 3.8) is 0 Å². The maximum atomic E-state index is 5.51. The second-order valence-corrected chi connectivity index (χ2v) is 4.86. The Morgan fingerprint density at radius 1 is 1.33 bits per heavy atom. The Kier molecular flexibility index (Phi) is 4.59. The van der Waals surface area contributed by atoms with Crippen molar-refractivity contribution in [3.05, 3.63) is 35.4 Å². The summed E-state index contributed by atoms with van der Waals surface area (Å²) in [6.07, 6.45) is 5.02. The molecule has 0 amide bonds. The van der Waals surface area contributed by atoms with Crippen LogP contribution < -0.4 is 16.6 Å². The lowest BCUT2D eigenvalue weighted by Gasteiger charge is -2.15. The highest BCUT2D eigenvalue weighted by Gasteiger charge is 2.15. The van der Waals surface area contributed by atoms with Crippen LogP contribution in [0.5, 0.6) is 0 Å². The van der Waals surface area contributed by atoms with Gasteiger partial charge in [-0.05, 0) is 30.9 Å². The molecule has 1 aromatic carbocycles. The third kappa shape index (κ3) is 3.47. The minimum atomic E-state index is 0.525. The molecule has 1 fully saturated rings. The first-order chi connectivity index (χ1) is 8.79. The van der Waals surface area contributed by atoms with Gasteiger partial charge in [0.15, 0.2) is 0 Å². The number of hydrogen-bond donors (Lipinski definition) is 3. The van der Waals surface area contributed by atoms with Gasteiger partial charge in [-0.2, -0.15) is 0 Å². The van der Waals surface area contributed by atoms with E-state index in [2.05, 4.69) is 34.8 Å². The number of nitrogens with two attached hydrogens (primary N) is 1. The Bertz CT molecular complexity index is 408. The molecule has 1 aliphatic carbocycles. The lowest BCUT2D eigenvalue weighted by molar-refractivity contribution is 0.614. The Balaban J connectivity index is 1.95. The Morgan fingerprint density at radius 3 is 2.72 bits per heavy atom. The van der Waals surface area contributed by atoms with Gasteiger partial charge in [0.05, 0.1) is 6.54 Å². The lowest BCUT2D eigenvalue weighted by Crippen LogP contribution is -2.45. The fourth-order valence-corrected chi connectivity index (χ4v) is 2.35. The third-order valence-electron chi connectivity index (χ3n) is 3.50. The van der Waals surface area contributed by atoms with Crippen molar-refractivity contribution in [2.45, 2.75) is 45.2 Å². The van der Waals surface area contributed by atoms with Gasteiger partial charge in [-0.25, -0.2) is 10.8 Å². The van der Waals surface area contributed by atoms with Gasteiger partial charge >= 0.3 is 0 Å². The van der Waals surface area contributed by atoms with E-state index in [1.807, 2.05) is 12.1 Å². The molecular formula is C14H22N4. The summed E-state index contributed by atoms with van der Waals surface area (Å²) >= 11 is 0. The monoisotopic (exact) mass is 246 g/mol. The summed E-state index contributed by atoms with van der Waals surface area (Å²) in [5.74, 6) is 6.21. The molecule has 0 spiro atoms. The first-order valence-electron chi connectivity index (χ1n) is 6.61. The zero-order chi connectivity index (χ0) is 12.8. The number of nitrogens with one attached hydrogen (secondary N) is 2. The molecule has 4 N–H and O–H groups in total. The summed E-state index contributed by atoms with van der Waals surface area (Å²) in [7, 11) is 0. The van der Waals surface area contributed by atoms with Crippen molar-refractivity contribution in [2.24, 2.45) is 10.8 Å². The molecule has 0 aromatic heterocycles. The van der Waals surface area contributed by atoms with Crippen molar-refractivity contribution in [2.75, 3.05) is 0 Å². The average molecular weight is 246 g/mol. The van der Waals surface area contributed by atoms with E-state index in [1.165, 1.54) is 36.8 Å². The molecule has 0 bridgehead atoms. The van der Waals surface area contributed by atoms with Crippen LogP contribution in [0.3, 0.4) is 0 Å². The van der Waals surface area contributed by atoms with Crippen molar-refractivity contribution >= 4 is 5.96 Å². The number of guanidine groups is 1. The van der Waals surface area contributed by atoms with Gasteiger partial charge in [0.1, 0.15) is 0 Å². The minimum absolute atomic E-state index is 0.525. The number of hydrogen-bond acceptors (Lipinski definition) is 2. The zero-order valence-corrected chi connectivity index (χ0v) is 10.9. The number of benzene rings is 1. The van der Waals surface area contributed by atoms with Crippen LogP contribution in [0.1, 0.15) is 36.8 Å². The van der Waals surface area contributed by atoms with Gasteiger partial charge < -0.3 is 5.32 Å². The van der Waals surface area contributed by atoms with E-state index in [-0.39, 0.29) is 0 Å². The predicted molar refractivity (Wildman–Crippen MR) is 75.0 cm³/mol. The Morgan fingerprint density at radius 2 is 2.06 bits per heavy atom. The molecule has 2 rings (SSSR count). The summed E-state index contributed by atoms with van der Waals surface area (Å²) < 4.78 is 0. The summed E-state index contributed by atoms with van der Waals surface area (Å²) in [6, 6.07) is 8.81. The van der Waals surface area contributed by atoms with E-state index in [0.29, 0.717) is 18.5 Å². The molecule has 1 aliphatic rings. The number of aliphatic imine (C=N–C) groups is 1. The summed E-state index contributed by atoms with van der Waals surface area (Å²) in [4.78, 5) is 4.51. The third-order valence-corrected chi connectivity index (χ3v) is 3.50. The molecule has 4 heteroatoms. The van der Waals surface area contributed by atoms with E-state index < -0.39 is 0 Å². The molecule has 1 aromatic rings. The van der Waals surface area contributed by atoms with E-state index in [0.717, 1.165) is 0 Å². The highest BCUT2D eigenvalue weighted by atomic mass is 15.3. The molecule has 0 heterocycles. The smallest absolute Gasteiger partial charge is 0.206 e. The fourth-order valence-electron chi connectivity index (χ4n) is 2.35. The molecule has 0 atom stereocenters. The van der Waals surface area contributed by atoms with E-state index in [4.69, 9.17) is 5.84 Å². The second-order valence-electron chi connectivity index (χ2n) is 4.86. The van der Waals surface area contributed by atoms with Crippen LogP contribution in [0.2, 0.25) is 0 Å². The van der Waals surface area contributed by atoms with Gasteiger partial charge in [0, 0.05) is 6.04 Å². The molecule has 4 nitrogen and oxygen atoms in total. The number of rotatable bonds is 3. The molecule has 0 unspecified atom stereocenters. The quantitative estimate of drug-likeness (QED) is 0.330. The van der Waals surface area contributed by atoms with Crippen LogP contribution in [0.15, 0.2) is 29.3 Å². The van der Waals surface area contributed by atoms with Crippen LogP contribution in [0.4, 0.5) is 0 Å². The van der Waals surface area contributed by atoms with Gasteiger partial charge in [-0.3, -0.25) is 5.43 Å². The van der Waals surface area contributed by atoms with Crippen LogP contribution >= 0.6 is 0 Å². The van der Waals surface area contributed by atoms with Crippen molar-refractivity contribution in [3.8, 4) is 0 Å². The number of aryl methyl sites for hydroxylation is 1. The molecule has 1 saturated carbocycles. The maximum absolute atomic E-state index is 5.51. The van der Waals surface area contributed by atoms with Gasteiger partial charge in [0.25, 0.3) is 0 Å². The standard InChI is InChI=1S/C14H22N4/c1-11-6-2-3-7-12(11)10-16-14(18-15)17-13-8-4-5-9-13/h2-3,6-7,13H,4-5,8-10,15H2,1H3,(H2,16,17,18). The van der Waals surface area contributed by atoms with E-state index >= 15 is 0 Å². The fraction of sp³-hybridized carbons (Fsp3) is 0.500. The predicted octanol–water partition coefficient (Wildman–Crippen LogP) is 1.85. The van der Waals surface area contributed by atoms with Crippen LogP contribution in [0, 0.1) is 6.92 Å².